The molecule has 0 radical (unpaired) electrons. The van der Waals surface area contributed by atoms with Crippen molar-refractivity contribution in [3.05, 3.63) is 35.1 Å². The van der Waals surface area contributed by atoms with Gasteiger partial charge in [0.2, 0.25) is 0 Å². The molecule has 0 unspecified atom stereocenters. The molecule has 0 bridgehead atoms. The lowest BCUT2D eigenvalue weighted by atomic mass is 10.1. The van der Waals surface area contributed by atoms with Crippen LogP contribution in [0.1, 0.15) is 37.3 Å². The zero-order valence-corrected chi connectivity index (χ0v) is 9.59. The van der Waals surface area contributed by atoms with Crippen molar-refractivity contribution < 1.29 is 4.39 Å². The van der Waals surface area contributed by atoms with E-state index in [1.54, 1.807) is 6.07 Å². The first-order chi connectivity index (χ1) is 7.72. The molecule has 0 fully saturated rings. The standard InChI is InChI=1S/C13H17FN2/c1-2-3-4-7-16-9-10-5-6-11(14)8-12(10)13(16)15/h5-6,8,15H,2-4,7,9H2,1H3. The molecule has 1 aliphatic rings. The van der Waals surface area contributed by atoms with E-state index in [9.17, 15) is 4.39 Å². The topological polar surface area (TPSA) is 27.1 Å². The van der Waals surface area contributed by atoms with Crippen LogP contribution in [0.25, 0.3) is 0 Å². The first kappa shape index (κ1) is 11.1. The highest BCUT2D eigenvalue weighted by Gasteiger charge is 2.23. The molecule has 16 heavy (non-hydrogen) atoms. The summed E-state index contributed by atoms with van der Waals surface area (Å²) in [6.07, 6.45) is 3.48. The van der Waals surface area contributed by atoms with E-state index in [0.717, 1.165) is 30.6 Å². The first-order valence-electron chi connectivity index (χ1n) is 5.84. The minimum atomic E-state index is -0.251. The lowest BCUT2D eigenvalue weighted by Gasteiger charge is -2.17. The SMILES string of the molecule is CCCCCN1Cc2ccc(F)cc2C1=N. The maximum absolute atomic E-state index is 13.1. The van der Waals surface area contributed by atoms with Crippen LogP contribution in [0.3, 0.4) is 0 Å². The van der Waals surface area contributed by atoms with Gasteiger partial charge in [-0.25, -0.2) is 4.39 Å². The summed E-state index contributed by atoms with van der Waals surface area (Å²) in [7, 11) is 0. The molecule has 1 N–H and O–H groups in total. The molecule has 1 aromatic carbocycles. The monoisotopic (exact) mass is 220 g/mol. The van der Waals surface area contributed by atoms with Crippen molar-refractivity contribution in [1.82, 2.24) is 4.90 Å². The molecule has 1 aliphatic heterocycles. The number of nitrogens with zero attached hydrogens (tertiary/aromatic N) is 1. The molecule has 2 rings (SSSR count). The Kier molecular flexibility index (Phi) is 3.22. The van der Waals surface area contributed by atoms with E-state index in [1.807, 2.05) is 4.90 Å². The third-order valence-electron chi connectivity index (χ3n) is 3.04. The van der Waals surface area contributed by atoms with E-state index < -0.39 is 0 Å². The summed E-state index contributed by atoms with van der Waals surface area (Å²) in [6.45, 7) is 3.83. The van der Waals surface area contributed by atoms with Crippen LogP contribution < -0.4 is 0 Å². The van der Waals surface area contributed by atoms with E-state index in [4.69, 9.17) is 5.41 Å². The minimum Gasteiger partial charge on any atom is -0.352 e. The van der Waals surface area contributed by atoms with Crippen molar-refractivity contribution in [2.24, 2.45) is 0 Å². The summed E-state index contributed by atoms with van der Waals surface area (Å²) in [5, 5.41) is 7.98. The van der Waals surface area contributed by atoms with Gasteiger partial charge in [-0.1, -0.05) is 25.8 Å². The molecule has 0 aromatic heterocycles. The van der Waals surface area contributed by atoms with Crippen LogP contribution in [0.15, 0.2) is 18.2 Å². The van der Waals surface area contributed by atoms with Gasteiger partial charge < -0.3 is 4.90 Å². The fraction of sp³-hybridized carbons (Fsp3) is 0.462. The van der Waals surface area contributed by atoms with E-state index in [-0.39, 0.29) is 5.82 Å². The van der Waals surface area contributed by atoms with Crippen molar-refractivity contribution in [3.8, 4) is 0 Å². The highest BCUT2D eigenvalue weighted by Crippen LogP contribution is 2.23. The van der Waals surface area contributed by atoms with Crippen LogP contribution in [0.2, 0.25) is 0 Å². The summed E-state index contributed by atoms with van der Waals surface area (Å²) < 4.78 is 13.1. The maximum atomic E-state index is 13.1. The number of hydrogen-bond acceptors (Lipinski definition) is 1. The molecule has 1 aromatic rings. The van der Waals surface area contributed by atoms with E-state index >= 15 is 0 Å². The fourth-order valence-electron chi connectivity index (χ4n) is 2.11. The smallest absolute Gasteiger partial charge is 0.128 e. The number of fused-ring (bicyclic) bond motifs is 1. The Balaban J connectivity index is 2.06. The average Bonchev–Trinajstić information content (AvgIpc) is 2.57. The predicted molar refractivity (Wildman–Crippen MR) is 63.2 cm³/mol. The Hall–Kier alpha value is -1.38. The molecule has 0 saturated carbocycles. The second-order valence-electron chi connectivity index (χ2n) is 4.28. The van der Waals surface area contributed by atoms with Gasteiger partial charge in [-0.2, -0.15) is 0 Å². The van der Waals surface area contributed by atoms with Crippen LogP contribution in [0.5, 0.6) is 0 Å². The molecule has 2 nitrogen and oxygen atoms in total. The van der Waals surface area contributed by atoms with Gasteiger partial charge in [0.25, 0.3) is 0 Å². The Bertz CT molecular complexity index is 401. The normalized spacial score (nSPS) is 14.4. The Morgan fingerprint density at radius 2 is 2.19 bits per heavy atom. The van der Waals surface area contributed by atoms with Gasteiger partial charge in [-0.15, -0.1) is 0 Å². The summed E-state index contributed by atoms with van der Waals surface area (Å²) in [5.74, 6) is 0.226. The summed E-state index contributed by atoms with van der Waals surface area (Å²) in [5.41, 5.74) is 1.83. The molecule has 0 atom stereocenters. The minimum absolute atomic E-state index is 0.251. The summed E-state index contributed by atoms with van der Waals surface area (Å²) in [6, 6.07) is 4.73. The van der Waals surface area contributed by atoms with Gasteiger partial charge in [0.1, 0.15) is 11.7 Å². The number of halogens is 1. The third kappa shape index (κ3) is 2.08. The quantitative estimate of drug-likeness (QED) is 0.775. The molecule has 0 saturated heterocycles. The van der Waals surface area contributed by atoms with Crippen LogP contribution in [-0.2, 0) is 6.54 Å². The number of amidine groups is 1. The van der Waals surface area contributed by atoms with Gasteiger partial charge in [-0.3, -0.25) is 5.41 Å². The molecule has 0 spiro atoms. The highest BCUT2D eigenvalue weighted by atomic mass is 19.1. The fourth-order valence-corrected chi connectivity index (χ4v) is 2.11. The molecular formula is C13H17FN2. The third-order valence-corrected chi connectivity index (χ3v) is 3.04. The van der Waals surface area contributed by atoms with Crippen molar-refractivity contribution in [3.63, 3.8) is 0 Å². The Morgan fingerprint density at radius 1 is 1.38 bits per heavy atom. The van der Waals surface area contributed by atoms with Gasteiger partial charge in [0.15, 0.2) is 0 Å². The lowest BCUT2D eigenvalue weighted by Crippen LogP contribution is -2.24. The second kappa shape index (κ2) is 4.64. The van der Waals surface area contributed by atoms with E-state index in [2.05, 4.69) is 6.92 Å². The van der Waals surface area contributed by atoms with Gasteiger partial charge in [-0.05, 0) is 24.1 Å². The Morgan fingerprint density at radius 3 is 2.94 bits per heavy atom. The van der Waals surface area contributed by atoms with Crippen LogP contribution in [0.4, 0.5) is 4.39 Å². The second-order valence-corrected chi connectivity index (χ2v) is 4.28. The average molecular weight is 220 g/mol. The zero-order valence-electron chi connectivity index (χ0n) is 9.59. The van der Waals surface area contributed by atoms with E-state index in [0.29, 0.717) is 5.84 Å². The molecule has 3 heteroatoms. The Labute approximate surface area is 95.6 Å². The van der Waals surface area contributed by atoms with Gasteiger partial charge >= 0.3 is 0 Å². The number of hydrogen-bond donors (Lipinski definition) is 1. The largest absolute Gasteiger partial charge is 0.352 e. The zero-order chi connectivity index (χ0) is 11.5. The summed E-state index contributed by atoms with van der Waals surface area (Å²) >= 11 is 0. The molecule has 0 amide bonds. The van der Waals surface area contributed by atoms with Crippen LogP contribution in [-0.4, -0.2) is 17.3 Å². The molecule has 86 valence electrons. The molecule has 1 heterocycles. The van der Waals surface area contributed by atoms with Crippen LogP contribution in [0, 0.1) is 11.2 Å². The summed E-state index contributed by atoms with van der Waals surface area (Å²) in [4.78, 5) is 2.03. The van der Waals surface area contributed by atoms with Crippen LogP contribution >= 0.6 is 0 Å². The number of unbranched alkanes of at least 4 members (excludes halogenated alkanes) is 2. The number of nitrogens with one attached hydrogen (secondary N) is 1. The molecule has 0 aliphatic carbocycles. The van der Waals surface area contributed by atoms with Crippen molar-refractivity contribution >= 4 is 5.84 Å². The maximum Gasteiger partial charge on any atom is 0.128 e. The van der Waals surface area contributed by atoms with Gasteiger partial charge in [0, 0.05) is 18.7 Å². The van der Waals surface area contributed by atoms with Gasteiger partial charge in [0.05, 0.1) is 0 Å². The van der Waals surface area contributed by atoms with E-state index in [1.165, 1.54) is 25.0 Å². The van der Waals surface area contributed by atoms with Crippen molar-refractivity contribution in [2.75, 3.05) is 6.54 Å². The van der Waals surface area contributed by atoms with Crippen molar-refractivity contribution in [2.45, 2.75) is 32.7 Å². The highest BCUT2D eigenvalue weighted by molar-refractivity contribution is 6.00. The predicted octanol–water partition coefficient (Wildman–Crippen LogP) is 3.16. The number of rotatable bonds is 4. The first-order valence-corrected chi connectivity index (χ1v) is 5.84. The van der Waals surface area contributed by atoms with Crippen molar-refractivity contribution in [1.29, 1.82) is 5.41 Å². The molecular weight excluding hydrogens is 203 g/mol. The number of benzene rings is 1. The lowest BCUT2D eigenvalue weighted by molar-refractivity contribution is 0.411.